The summed E-state index contributed by atoms with van der Waals surface area (Å²) in [4.78, 5) is 19.2. The number of hydrogen-bond donors (Lipinski definition) is 1. The van der Waals surface area contributed by atoms with E-state index in [0.29, 0.717) is 6.54 Å². The van der Waals surface area contributed by atoms with Gasteiger partial charge in [-0.3, -0.25) is 9.69 Å². The van der Waals surface area contributed by atoms with Gasteiger partial charge in [0.05, 0.1) is 17.7 Å². The summed E-state index contributed by atoms with van der Waals surface area (Å²) in [6, 6.07) is 8.08. The van der Waals surface area contributed by atoms with Gasteiger partial charge in [0.1, 0.15) is 0 Å². The first kappa shape index (κ1) is 10.4. The number of amides is 1. The van der Waals surface area contributed by atoms with E-state index in [1.807, 2.05) is 41.2 Å². The molecule has 1 aliphatic heterocycles. The van der Waals surface area contributed by atoms with Crippen molar-refractivity contribution in [3.63, 3.8) is 0 Å². The summed E-state index contributed by atoms with van der Waals surface area (Å²) in [5.74, 6) is 0.167. The molecule has 0 aliphatic carbocycles. The summed E-state index contributed by atoms with van der Waals surface area (Å²) in [6.07, 6.45) is 1.91. The van der Waals surface area contributed by atoms with Crippen molar-refractivity contribution >= 4 is 22.5 Å². The van der Waals surface area contributed by atoms with Crippen LogP contribution in [0, 0.1) is 0 Å². The molecule has 1 amide bonds. The minimum atomic E-state index is 0.167. The first-order valence-corrected chi connectivity index (χ1v) is 5.81. The molecule has 1 saturated heterocycles. The average molecular weight is 229 g/mol. The van der Waals surface area contributed by atoms with Gasteiger partial charge in [-0.15, -0.1) is 0 Å². The number of H-pyrrole nitrogens is 1. The van der Waals surface area contributed by atoms with Crippen LogP contribution in [-0.4, -0.2) is 42.5 Å². The van der Waals surface area contributed by atoms with Gasteiger partial charge in [0.2, 0.25) is 5.91 Å². The largest absolute Gasteiger partial charge is 0.359 e. The highest BCUT2D eigenvalue weighted by molar-refractivity contribution is 6.03. The zero-order chi connectivity index (χ0) is 11.8. The minimum Gasteiger partial charge on any atom is -0.359 e. The molecule has 1 N–H and O–H groups in total. The van der Waals surface area contributed by atoms with Crippen molar-refractivity contribution in [2.24, 2.45) is 0 Å². The highest BCUT2D eigenvalue weighted by Crippen LogP contribution is 2.26. The Morgan fingerprint density at radius 3 is 2.94 bits per heavy atom. The molecule has 88 valence electrons. The smallest absolute Gasteiger partial charge is 0.241 e. The summed E-state index contributed by atoms with van der Waals surface area (Å²) >= 11 is 0. The third-order valence-electron chi connectivity index (χ3n) is 3.27. The maximum atomic E-state index is 12.0. The van der Waals surface area contributed by atoms with Crippen molar-refractivity contribution in [3.8, 4) is 0 Å². The summed E-state index contributed by atoms with van der Waals surface area (Å²) in [5, 5.41) is 1.15. The number of aromatic amines is 1. The second-order valence-electron chi connectivity index (χ2n) is 4.50. The third-order valence-corrected chi connectivity index (χ3v) is 3.27. The summed E-state index contributed by atoms with van der Waals surface area (Å²) < 4.78 is 0. The lowest BCUT2D eigenvalue weighted by Crippen LogP contribution is -2.49. The van der Waals surface area contributed by atoms with Gasteiger partial charge in [0, 0.05) is 24.7 Å². The van der Waals surface area contributed by atoms with Crippen molar-refractivity contribution in [3.05, 3.63) is 30.5 Å². The highest BCUT2D eigenvalue weighted by Gasteiger charge is 2.24. The van der Waals surface area contributed by atoms with Gasteiger partial charge in [-0.2, -0.15) is 0 Å². The van der Waals surface area contributed by atoms with Gasteiger partial charge >= 0.3 is 0 Å². The number of carbonyl (C=O) groups excluding carboxylic acids is 1. The maximum Gasteiger partial charge on any atom is 0.241 e. The average Bonchev–Trinajstić information content (AvgIpc) is 2.77. The van der Waals surface area contributed by atoms with E-state index in [0.717, 1.165) is 29.7 Å². The fraction of sp³-hybridized carbons (Fsp3) is 0.308. The number of carbonyl (C=O) groups is 1. The molecule has 0 unspecified atom stereocenters. The van der Waals surface area contributed by atoms with Crippen LogP contribution in [0.25, 0.3) is 10.9 Å². The third kappa shape index (κ3) is 1.70. The Kier molecular flexibility index (Phi) is 2.37. The first-order chi connectivity index (χ1) is 8.25. The van der Waals surface area contributed by atoms with Crippen LogP contribution in [0.5, 0.6) is 0 Å². The Balaban J connectivity index is 2.03. The van der Waals surface area contributed by atoms with Gasteiger partial charge in [-0.05, 0) is 19.2 Å². The molecule has 1 aromatic heterocycles. The van der Waals surface area contributed by atoms with Crippen LogP contribution < -0.4 is 4.90 Å². The Hall–Kier alpha value is -1.81. The van der Waals surface area contributed by atoms with E-state index in [2.05, 4.69) is 11.1 Å². The number of piperazine rings is 1. The normalized spacial score (nSPS) is 17.9. The van der Waals surface area contributed by atoms with Crippen LogP contribution >= 0.6 is 0 Å². The van der Waals surface area contributed by atoms with Crippen molar-refractivity contribution in [2.75, 3.05) is 31.6 Å². The van der Waals surface area contributed by atoms with Crippen LogP contribution in [0.15, 0.2) is 30.5 Å². The summed E-state index contributed by atoms with van der Waals surface area (Å²) in [5.41, 5.74) is 2.04. The fourth-order valence-electron chi connectivity index (χ4n) is 2.34. The molecule has 4 nitrogen and oxygen atoms in total. The number of rotatable bonds is 1. The molecule has 0 bridgehead atoms. The monoisotopic (exact) mass is 229 g/mol. The molecule has 0 spiro atoms. The predicted molar refractivity (Wildman–Crippen MR) is 68.1 cm³/mol. The van der Waals surface area contributed by atoms with Crippen LogP contribution in [0.2, 0.25) is 0 Å². The topological polar surface area (TPSA) is 39.3 Å². The van der Waals surface area contributed by atoms with Crippen molar-refractivity contribution in [1.29, 1.82) is 0 Å². The molecular weight excluding hydrogens is 214 g/mol. The van der Waals surface area contributed by atoms with Gasteiger partial charge in [0.25, 0.3) is 0 Å². The van der Waals surface area contributed by atoms with E-state index >= 15 is 0 Å². The number of likely N-dealkylation sites (N-methyl/N-ethyl adjacent to an activating group) is 1. The van der Waals surface area contributed by atoms with E-state index in [1.54, 1.807) is 0 Å². The zero-order valence-corrected chi connectivity index (χ0v) is 9.81. The predicted octanol–water partition coefficient (Wildman–Crippen LogP) is 1.45. The molecule has 4 heteroatoms. The van der Waals surface area contributed by atoms with Gasteiger partial charge < -0.3 is 9.88 Å². The molecule has 17 heavy (non-hydrogen) atoms. The maximum absolute atomic E-state index is 12.0. The number of para-hydroxylation sites is 1. The van der Waals surface area contributed by atoms with Crippen molar-refractivity contribution in [1.82, 2.24) is 9.88 Å². The van der Waals surface area contributed by atoms with Gasteiger partial charge in [-0.1, -0.05) is 12.1 Å². The second-order valence-corrected chi connectivity index (χ2v) is 4.50. The van der Waals surface area contributed by atoms with E-state index in [1.165, 1.54) is 0 Å². The SMILES string of the molecule is CN1CCN(c2cccc3cc[nH]c23)C(=O)C1. The van der Waals surface area contributed by atoms with E-state index < -0.39 is 0 Å². The standard InChI is InChI=1S/C13H15N3O/c1-15-7-8-16(12(17)9-15)11-4-2-3-10-5-6-14-13(10)11/h2-6,14H,7-9H2,1H3. The molecule has 1 aromatic carbocycles. The molecule has 0 saturated carbocycles. The number of anilines is 1. The Labute approximate surface area is 99.8 Å². The minimum absolute atomic E-state index is 0.167. The van der Waals surface area contributed by atoms with Gasteiger partial charge in [0.15, 0.2) is 0 Å². The van der Waals surface area contributed by atoms with Crippen molar-refractivity contribution in [2.45, 2.75) is 0 Å². The molecule has 3 rings (SSSR count). The molecule has 1 fully saturated rings. The Bertz CT molecular complexity index is 561. The zero-order valence-electron chi connectivity index (χ0n) is 9.81. The number of benzene rings is 1. The molecule has 0 radical (unpaired) electrons. The number of nitrogens with zero attached hydrogens (tertiary/aromatic N) is 2. The van der Waals surface area contributed by atoms with E-state index in [4.69, 9.17) is 0 Å². The van der Waals surface area contributed by atoms with Crippen molar-refractivity contribution < 1.29 is 4.79 Å². The molecule has 1 aliphatic rings. The van der Waals surface area contributed by atoms with Crippen LogP contribution in [0.1, 0.15) is 0 Å². The lowest BCUT2D eigenvalue weighted by Gasteiger charge is -2.32. The molecule has 2 heterocycles. The van der Waals surface area contributed by atoms with Crippen LogP contribution in [-0.2, 0) is 4.79 Å². The number of aromatic nitrogens is 1. The summed E-state index contributed by atoms with van der Waals surface area (Å²) in [6.45, 7) is 2.17. The fourth-order valence-corrected chi connectivity index (χ4v) is 2.34. The molecule has 2 aromatic rings. The molecular formula is C13H15N3O. The number of fused-ring (bicyclic) bond motifs is 1. The lowest BCUT2D eigenvalue weighted by atomic mass is 10.2. The molecule has 0 atom stereocenters. The Morgan fingerprint density at radius 1 is 1.24 bits per heavy atom. The lowest BCUT2D eigenvalue weighted by molar-refractivity contribution is -0.120. The number of nitrogens with one attached hydrogen (secondary N) is 1. The van der Waals surface area contributed by atoms with E-state index in [-0.39, 0.29) is 5.91 Å². The number of hydrogen-bond acceptors (Lipinski definition) is 2. The Morgan fingerprint density at radius 2 is 2.12 bits per heavy atom. The first-order valence-electron chi connectivity index (χ1n) is 5.81. The quantitative estimate of drug-likeness (QED) is 0.803. The summed E-state index contributed by atoms with van der Waals surface area (Å²) in [7, 11) is 1.98. The van der Waals surface area contributed by atoms with Crippen LogP contribution in [0.3, 0.4) is 0 Å². The second kappa shape index (κ2) is 3.89. The van der Waals surface area contributed by atoms with Gasteiger partial charge in [-0.25, -0.2) is 0 Å². The van der Waals surface area contributed by atoms with E-state index in [9.17, 15) is 4.79 Å². The highest BCUT2D eigenvalue weighted by atomic mass is 16.2. The van der Waals surface area contributed by atoms with Crippen LogP contribution in [0.4, 0.5) is 5.69 Å².